The van der Waals surface area contributed by atoms with Crippen LogP contribution in [0.4, 0.5) is 11.5 Å². The third-order valence-electron chi connectivity index (χ3n) is 5.55. The van der Waals surface area contributed by atoms with Gasteiger partial charge in [0.2, 0.25) is 0 Å². The lowest BCUT2D eigenvalue weighted by Crippen LogP contribution is -2.13. The number of nitrogens with two attached hydrogens (primary N) is 1. The predicted molar refractivity (Wildman–Crippen MR) is 144 cm³/mol. The summed E-state index contributed by atoms with van der Waals surface area (Å²) in [5, 5.41) is 11.7. The Morgan fingerprint density at radius 1 is 1.24 bits per heavy atom. The van der Waals surface area contributed by atoms with E-state index in [2.05, 4.69) is 26.5 Å². The fourth-order valence-corrected chi connectivity index (χ4v) is 4.60. The number of rotatable bonds is 8. The van der Waals surface area contributed by atoms with Crippen molar-refractivity contribution < 1.29 is 28.1 Å². The second-order valence-electron chi connectivity index (χ2n) is 8.82. The predicted octanol–water partition coefficient (Wildman–Crippen LogP) is 3.96. The van der Waals surface area contributed by atoms with Gasteiger partial charge in [-0.05, 0) is 50.1 Å². The zero-order valence-corrected chi connectivity index (χ0v) is 22.0. The molecular formula is C27H28N4O6S. The summed E-state index contributed by atoms with van der Waals surface area (Å²) in [5.41, 5.74) is 8.10. The molecule has 0 fully saturated rings. The maximum atomic E-state index is 12.7. The SMILES string of the molecule is Cc1ccoc1C(=O)Nc1cccc(C#Cc2cc(C(=O)N=S(C)(=O)CCC[C@@H](C)C(=O)O)cnc2N)c1. The van der Waals surface area contributed by atoms with Crippen molar-refractivity contribution in [3.8, 4) is 11.8 Å². The van der Waals surface area contributed by atoms with Gasteiger partial charge in [-0.25, -0.2) is 9.19 Å². The van der Waals surface area contributed by atoms with E-state index in [1.54, 1.807) is 44.2 Å². The van der Waals surface area contributed by atoms with E-state index < -0.39 is 27.5 Å². The molecule has 4 N–H and O–H groups in total. The normalized spacial score (nSPS) is 12.9. The van der Waals surface area contributed by atoms with Gasteiger partial charge in [0.1, 0.15) is 5.82 Å². The van der Waals surface area contributed by atoms with E-state index in [-0.39, 0.29) is 34.4 Å². The van der Waals surface area contributed by atoms with Gasteiger partial charge in [-0.1, -0.05) is 24.8 Å². The molecule has 2 atom stereocenters. The van der Waals surface area contributed by atoms with Gasteiger partial charge in [-0.3, -0.25) is 14.4 Å². The number of nitrogens with one attached hydrogen (secondary N) is 1. The summed E-state index contributed by atoms with van der Waals surface area (Å²) in [6, 6.07) is 9.98. The molecule has 3 aromatic rings. The van der Waals surface area contributed by atoms with Crippen LogP contribution in [0.15, 0.2) is 57.6 Å². The number of aryl methyl sites for hydroxylation is 1. The fourth-order valence-electron chi connectivity index (χ4n) is 3.35. The Kier molecular flexibility index (Phi) is 9.04. The summed E-state index contributed by atoms with van der Waals surface area (Å²) in [6.07, 6.45) is 4.73. The molecule has 3 rings (SSSR count). The third-order valence-corrected chi connectivity index (χ3v) is 7.15. The molecule has 0 aliphatic rings. The molecule has 10 nitrogen and oxygen atoms in total. The van der Waals surface area contributed by atoms with Crippen LogP contribution in [0.2, 0.25) is 0 Å². The number of carboxylic acids is 1. The number of amides is 2. The molecular weight excluding hydrogens is 508 g/mol. The van der Waals surface area contributed by atoms with Crippen LogP contribution in [-0.2, 0) is 14.5 Å². The lowest BCUT2D eigenvalue weighted by Gasteiger charge is -2.07. The Labute approximate surface area is 220 Å². The number of carboxylic acid groups (broad SMARTS) is 1. The number of nitrogen functional groups attached to an aromatic ring is 1. The highest BCUT2D eigenvalue weighted by molar-refractivity contribution is 7.93. The molecule has 2 amide bonds. The fraction of sp³-hybridized carbons (Fsp3) is 0.259. The highest BCUT2D eigenvalue weighted by atomic mass is 32.2. The molecule has 38 heavy (non-hydrogen) atoms. The van der Waals surface area contributed by atoms with Crippen molar-refractivity contribution in [3.63, 3.8) is 0 Å². The van der Waals surface area contributed by atoms with Crippen LogP contribution in [0.1, 0.15) is 57.4 Å². The molecule has 0 bridgehead atoms. The van der Waals surface area contributed by atoms with E-state index >= 15 is 0 Å². The van der Waals surface area contributed by atoms with Crippen molar-refractivity contribution in [1.29, 1.82) is 0 Å². The average molecular weight is 537 g/mol. The first kappa shape index (κ1) is 28.1. The quantitative estimate of drug-likeness (QED) is 0.364. The Morgan fingerprint density at radius 3 is 2.68 bits per heavy atom. The number of aromatic nitrogens is 1. The first-order chi connectivity index (χ1) is 17.9. The Hall–Kier alpha value is -4.43. The maximum Gasteiger partial charge on any atom is 0.306 e. The summed E-state index contributed by atoms with van der Waals surface area (Å²) in [5.74, 6) is 3.62. The number of anilines is 2. The number of hydrogen-bond acceptors (Lipinski definition) is 7. The van der Waals surface area contributed by atoms with Gasteiger partial charge in [-0.15, -0.1) is 0 Å². The van der Waals surface area contributed by atoms with E-state index in [1.807, 2.05) is 0 Å². The van der Waals surface area contributed by atoms with E-state index in [1.165, 1.54) is 24.8 Å². The molecule has 11 heteroatoms. The van der Waals surface area contributed by atoms with Crippen molar-refractivity contribution in [2.45, 2.75) is 26.7 Å². The first-order valence-corrected chi connectivity index (χ1v) is 13.7. The second-order valence-corrected chi connectivity index (χ2v) is 11.3. The standard InChI is InChI=1S/C27H28N4O6S/c1-17-11-12-37-23(17)26(33)30-22-8-4-7-19(14-22)9-10-20-15-21(16-29-24(20)28)25(32)31-38(3,36)13-5-6-18(2)27(34)35/h4,7-8,11-12,14-16,18H,5-6,13H2,1-3H3,(H2,28,29)(H,30,33)(H,34,35)/t18-,38?/m1/s1. The van der Waals surface area contributed by atoms with Gasteiger partial charge >= 0.3 is 5.97 Å². The van der Waals surface area contributed by atoms with Crippen LogP contribution >= 0.6 is 0 Å². The molecule has 0 aliphatic carbocycles. The van der Waals surface area contributed by atoms with Crippen LogP contribution in [0, 0.1) is 24.7 Å². The van der Waals surface area contributed by atoms with Crippen LogP contribution in [0.3, 0.4) is 0 Å². The molecule has 0 spiro atoms. The van der Waals surface area contributed by atoms with Crippen LogP contribution in [0.5, 0.6) is 0 Å². The summed E-state index contributed by atoms with van der Waals surface area (Å²) >= 11 is 0. The molecule has 1 unspecified atom stereocenters. The first-order valence-electron chi connectivity index (χ1n) is 11.6. The number of furan rings is 1. The van der Waals surface area contributed by atoms with E-state index in [0.29, 0.717) is 29.7 Å². The van der Waals surface area contributed by atoms with Gasteiger partial charge < -0.3 is 20.6 Å². The Morgan fingerprint density at radius 2 is 2.00 bits per heavy atom. The Balaban J connectivity index is 1.74. The van der Waals surface area contributed by atoms with Gasteiger partial charge in [-0.2, -0.15) is 4.36 Å². The largest absolute Gasteiger partial charge is 0.481 e. The van der Waals surface area contributed by atoms with E-state index in [9.17, 15) is 18.6 Å². The zero-order chi connectivity index (χ0) is 27.9. The van der Waals surface area contributed by atoms with Crippen LogP contribution < -0.4 is 11.1 Å². The maximum absolute atomic E-state index is 12.7. The minimum Gasteiger partial charge on any atom is -0.481 e. The lowest BCUT2D eigenvalue weighted by atomic mass is 10.1. The lowest BCUT2D eigenvalue weighted by molar-refractivity contribution is -0.141. The van der Waals surface area contributed by atoms with Crippen molar-refractivity contribution in [2.24, 2.45) is 10.3 Å². The van der Waals surface area contributed by atoms with Crippen LogP contribution in [-0.4, -0.2) is 44.1 Å². The summed E-state index contributed by atoms with van der Waals surface area (Å²) in [7, 11) is -2.87. The number of aliphatic carboxylic acids is 1. The second kappa shape index (κ2) is 12.2. The summed E-state index contributed by atoms with van der Waals surface area (Å²) in [6.45, 7) is 3.34. The molecule has 0 aliphatic heterocycles. The third kappa shape index (κ3) is 7.78. The minimum absolute atomic E-state index is 0.0758. The average Bonchev–Trinajstić information content (AvgIpc) is 3.29. The highest BCUT2D eigenvalue weighted by Crippen LogP contribution is 2.16. The molecule has 0 saturated heterocycles. The number of nitrogens with zero attached hydrogens (tertiary/aromatic N) is 2. The Bertz CT molecular complexity index is 1560. The van der Waals surface area contributed by atoms with Gasteiger partial charge in [0.05, 0.1) is 33.0 Å². The van der Waals surface area contributed by atoms with Gasteiger partial charge in [0, 0.05) is 35.0 Å². The van der Waals surface area contributed by atoms with Crippen molar-refractivity contribution in [2.75, 3.05) is 23.1 Å². The van der Waals surface area contributed by atoms with Gasteiger partial charge in [0.15, 0.2) is 5.76 Å². The van der Waals surface area contributed by atoms with Gasteiger partial charge in [0.25, 0.3) is 11.8 Å². The monoisotopic (exact) mass is 536 g/mol. The highest BCUT2D eigenvalue weighted by Gasteiger charge is 2.15. The summed E-state index contributed by atoms with van der Waals surface area (Å²) < 4.78 is 21.8. The number of pyridine rings is 1. The molecule has 0 saturated carbocycles. The van der Waals surface area contributed by atoms with E-state index in [0.717, 1.165) is 0 Å². The van der Waals surface area contributed by atoms with E-state index in [4.69, 9.17) is 15.3 Å². The topological polar surface area (TPSA) is 165 Å². The molecule has 0 radical (unpaired) electrons. The minimum atomic E-state index is -2.87. The van der Waals surface area contributed by atoms with Crippen molar-refractivity contribution in [1.82, 2.24) is 4.98 Å². The molecule has 2 aromatic heterocycles. The van der Waals surface area contributed by atoms with Crippen molar-refractivity contribution >= 4 is 39.0 Å². The summed E-state index contributed by atoms with van der Waals surface area (Å²) in [4.78, 5) is 40.0. The molecule has 1 aromatic carbocycles. The number of hydrogen-bond donors (Lipinski definition) is 3. The number of carbonyl (C=O) groups is 3. The molecule has 2 heterocycles. The molecule has 198 valence electrons. The zero-order valence-electron chi connectivity index (χ0n) is 21.2. The van der Waals surface area contributed by atoms with Crippen molar-refractivity contribution in [3.05, 3.63) is 76.9 Å². The number of carbonyl (C=O) groups excluding carboxylic acids is 2. The number of benzene rings is 1. The van der Waals surface area contributed by atoms with Crippen LogP contribution in [0.25, 0.3) is 0 Å². The smallest absolute Gasteiger partial charge is 0.306 e.